The molecule has 0 saturated carbocycles. The van der Waals surface area contributed by atoms with Gasteiger partial charge in [0, 0.05) is 20.7 Å². The van der Waals surface area contributed by atoms with Gasteiger partial charge in [0.2, 0.25) is 0 Å². The summed E-state index contributed by atoms with van der Waals surface area (Å²) < 4.78 is 0.976. The van der Waals surface area contributed by atoms with Crippen molar-refractivity contribution in [1.82, 2.24) is 4.98 Å². The molecule has 80 valence electrons. The number of pyridine rings is 1. The topological polar surface area (TPSA) is 36.7 Å². The van der Waals surface area contributed by atoms with Crippen LogP contribution in [0.15, 0.2) is 18.3 Å². The Morgan fingerprint density at radius 3 is 2.69 bits per heavy atom. The first-order valence-corrected chi connectivity index (χ1v) is 6.08. The van der Waals surface area contributed by atoms with E-state index < -0.39 is 0 Å². The van der Waals surface area contributed by atoms with Crippen molar-refractivity contribution in [2.24, 2.45) is 5.41 Å². The molecule has 2 rings (SSSR count). The van der Waals surface area contributed by atoms with E-state index in [0.29, 0.717) is 5.56 Å². The van der Waals surface area contributed by atoms with E-state index in [0.717, 1.165) is 14.8 Å². The number of fused-ring (bicyclic) bond motifs is 1. The first-order chi connectivity index (χ1) is 7.53. The number of hydrogen-bond donors (Lipinski definition) is 0. The number of allylic oxidation sites excluding steroid dienone is 2. The van der Waals surface area contributed by atoms with Crippen LogP contribution in [0, 0.1) is 20.3 Å². The molecule has 0 unspecified atom stereocenters. The molecule has 1 aliphatic rings. The second-order valence-corrected chi connectivity index (χ2v) is 5.46. The Bertz CT molecular complexity index is 534. The zero-order chi connectivity index (χ0) is 11.8. The summed E-state index contributed by atoms with van der Waals surface area (Å²) >= 11 is 2.21. The number of rotatable bonds is 0. The molecule has 1 aliphatic carbocycles. The number of aromatic nitrogens is 1. The van der Waals surface area contributed by atoms with Crippen LogP contribution >= 0.6 is 22.6 Å². The van der Waals surface area contributed by atoms with Crippen LogP contribution < -0.4 is 0 Å². The summed E-state index contributed by atoms with van der Waals surface area (Å²) in [7, 11) is 0. The van der Waals surface area contributed by atoms with Crippen molar-refractivity contribution < 1.29 is 0 Å². The minimum absolute atomic E-state index is 0.0383. The maximum atomic E-state index is 8.96. The highest BCUT2D eigenvalue weighted by molar-refractivity contribution is 14.1. The molecule has 0 atom stereocenters. The molecule has 0 aromatic carbocycles. The van der Waals surface area contributed by atoms with Gasteiger partial charge in [-0.3, -0.25) is 4.98 Å². The van der Waals surface area contributed by atoms with Gasteiger partial charge in [-0.15, -0.1) is 0 Å². The Balaban J connectivity index is 2.65. The molecule has 1 aromatic heterocycles. The van der Waals surface area contributed by atoms with E-state index in [-0.39, 0.29) is 5.41 Å². The zero-order valence-corrected chi connectivity index (χ0v) is 11.3. The third-order valence-electron chi connectivity index (χ3n) is 2.55. The van der Waals surface area contributed by atoms with Crippen molar-refractivity contribution in [2.45, 2.75) is 13.8 Å². The van der Waals surface area contributed by atoms with Crippen LogP contribution in [0.25, 0.3) is 12.2 Å². The number of nitriles is 1. The Kier molecular flexibility index (Phi) is 2.85. The highest BCUT2D eigenvalue weighted by Gasteiger charge is 2.16. The van der Waals surface area contributed by atoms with Gasteiger partial charge in [0.05, 0.1) is 11.3 Å². The molecule has 0 aliphatic heterocycles. The minimum Gasteiger partial charge on any atom is -0.255 e. The molecular formula is C13H11IN2. The fourth-order valence-electron chi connectivity index (χ4n) is 1.53. The van der Waals surface area contributed by atoms with E-state index in [4.69, 9.17) is 5.26 Å². The molecule has 1 heterocycles. The lowest BCUT2D eigenvalue weighted by Crippen LogP contribution is -2.00. The van der Waals surface area contributed by atoms with E-state index in [1.165, 1.54) is 0 Å². The van der Waals surface area contributed by atoms with Crippen molar-refractivity contribution in [3.8, 4) is 6.07 Å². The molecule has 2 nitrogen and oxygen atoms in total. The first kappa shape index (κ1) is 11.3. The van der Waals surface area contributed by atoms with Gasteiger partial charge in [-0.25, -0.2) is 0 Å². The number of hydrogen-bond acceptors (Lipinski definition) is 2. The lowest BCUT2D eigenvalue weighted by atomic mass is 9.93. The van der Waals surface area contributed by atoms with E-state index >= 15 is 0 Å². The van der Waals surface area contributed by atoms with Crippen LogP contribution in [0.4, 0.5) is 0 Å². The van der Waals surface area contributed by atoms with Gasteiger partial charge in [0.25, 0.3) is 0 Å². The normalized spacial score (nSPS) is 16.4. The van der Waals surface area contributed by atoms with Gasteiger partial charge in [-0.05, 0) is 28.7 Å². The quantitative estimate of drug-likeness (QED) is 0.684. The van der Waals surface area contributed by atoms with Gasteiger partial charge in [-0.2, -0.15) is 5.26 Å². The third-order valence-corrected chi connectivity index (χ3v) is 3.71. The smallest absolute Gasteiger partial charge is 0.102 e. The minimum atomic E-state index is 0.0383. The van der Waals surface area contributed by atoms with Gasteiger partial charge in [-0.1, -0.05) is 32.1 Å². The average Bonchev–Trinajstić information content (AvgIpc) is 2.39. The van der Waals surface area contributed by atoms with Crippen molar-refractivity contribution in [3.63, 3.8) is 0 Å². The molecular weight excluding hydrogens is 311 g/mol. The lowest BCUT2D eigenvalue weighted by Gasteiger charge is -2.11. The summed E-state index contributed by atoms with van der Waals surface area (Å²) in [5.74, 6) is 0. The highest BCUT2D eigenvalue weighted by Crippen LogP contribution is 2.29. The molecule has 0 radical (unpaired) electrons. The summed E-state index contributed by atoms with van der Waals surface area (Å²) in [6, 6.07) is 2.16. The molecule has 0 bridgehead atoms. The number of nitrogens with zero attached hydrogens (tertiary/aromatic N) is 2. The van der Waals surface area contributed by atoms with Gasteiger partial charge < -0.3 is 0 Å². The predicted molar refractivity (Wildman–Crippen MR) is 73.5 cm³/mol. The zero-order valence-electron chi connectivity index (χ0n) is 9.16. The highest BCUT2D eigenvalue weighted by atomic mass is 127. The Morgan fingerprint density at radius 2 is 2.00 bits per heavy atom. The SMILES string of the molecule is CC1(C)C=Cc2ncc(C#N)c(I)c2C=C1. The van der Waals surface area contributed by atoms with Crippen LogP contribution in [-0.4, -0.2) is 4.98 Å². The Morgan fingerprint density at radius 1 is 1.31 bits per heavy atom. The second kappa shape index (κ2) is 4.02. The predicted octanol–water partition coefficient (Wildman–Crippen LogP) is 3.62. The molecule has 3 heteroatoms. The second-order valence-electron chi connectivity index (χ2n) is 4.38. The van der Waals surface area contributed by atoms with Crippen molar-refractivity contribution in [3.05, 3.63) is 38.7 Å². The Hall–Kier alpha value is -1.15. The Labute approximate surface area is 109 Å². The van der Waals surface area contributed by atoms with Crippen LogP contribution in [0.2, 0.25) is 0 Å². The van der Waals surface area contributed by atoms with Crippen LogP contribution in [-0.2, 0) is 0 Å². The van der Waals surface area contributed by atoms with Crippen molar-refractivity contribution in [2.75, 3.05) is 0 Å². The monoisotopic (exact) mass is 322 g/mol. The van der Waals surface area contributed by atoms with Crippen LogP contribution in [0.3, 0.4) is 0 Å². The van der Waals surface area contributed by atoms with E-state index in [1.54, 1.807) is 6.20 Å². The van der Waals surface area contributed by atoms with Gasteiger partial charge in [0.1, 0.15) is 6.07 Å². The maximum absolute atomic E-state index is 8.96. The fourth-order valence-corrected chi connectivity index (χ4v) is 2.25. The average molecular weight is 322 g/mol. The van der Waals surface area contributed by atoms with Crippen molar-refractivity contribution in [1.29, 1.82) is 5.26 Å². The van der Waals surface area contributed by atoms with E-state index in [1.807, 2.05) is 6.08 Å². The first-order valence-electron chi connectivity index (χ1n) is 5.00. The largest absolute Gasteiger partial charge is 0.255 e. The molecule has 0 saturated heterocycles. The molecule has 0 spiro atoms. The van der Waals surface area contributed by atoms with Crippen LogP contribution in [0.5, 0.6) is 0 Å². The maximum Gasteiger partial charge on any atom is 0.102 e. The van der Waals surface area contributed by atoms with Gasteiger partial charge in [0.15, 0.2) is 0 Å². The molecule has 0 amide bonds. The molecule has 0 fully saturated rings. The summed E-state index contributed by atoms with van der Waals surface area (Å²) in [6.07, 6.45) is 9.99. The molecule has 0 N–H and O–H groups in total. The number of halogens is 1. The van der Waals surface area contributed by atoms with Gasteiger partial charge >= 0.3 is 0 Å². The summed E-state index contributed by atoms with van der Waals surface area (Å²) in [5, 5.41) is 8.96. The lowest BCUT2D eigenvalue weighted by molar-refractivity contribution is 0.633. The van der Waals surface area contributed by atoms with E-state index in [9.17, 15) is 0 Å². The standard InChI is InChI=1S/C13H11IN2/c1-13(2)5-3-10-11(4-6-13)16-8-9(7-15)12(10)14/h3-6,8H,1-2H3. The summed E-state index contributed by atoms with van der Waals surface area (Å²) in [5.41, 5.74) is 2.65. The van der Waals surface area contributed by atoms with Crippen LogP contribution in [0.1, 0.15) is 30.7 Å². The molecule has 1 aromatic rings. The third kappa shape index (κ3) is 2.03. The summed E-state index contributed by atoms with van der Waals surface area (Å²) in [6.45, 7) is 4.29. The summed E-state index contributed by atoms with van der Waals surface area (Å²) in [4.78, 5) is 4.31. The molecule has 16 heavy (non-hydrogen) atoms. The van der Waals surface area contributed by atoms with E-state index in [2.05, 4.69) is 65.7 Å². The van der Waals surface area contributed by atoms with Crippen molar-refractivity contribution >= 4 is 34.7 Å². The fraction of sp³-hybridized carbons (Fsp3) is 0.231.